The molecule has 3 rings (SSSR count). The Morgan fingerprint density at radius 2 is 1.67 bits per heavy atom. The molecule has 0 heterocycles. The molecule has 3 aromatic rings. The van der Waals surface area contributed by atoms with Gasteiger partial charge >= 0.3 is 5.97 Å². The highest BCUT2D eigenvalue weighted by atomic mass is 35.5. The van der Waals surface area contributed by atoms with E-state index in [4.69, 9.17) is 16.3 Å². The van der Waals surface area contributed by atoms with Gasteiger partial charge in [-0.05, 0) is 43.2 Å². The van der Waals surface area contributed by atoms with Gasteiger partial charge in [0.25, 0.3) is 0 Å². The number of hydrogen-bond acceptors (Lipinski definition) is 7. The summed E-state index contributed by atoms with van der Waals surface area (Å²) in [7, 11) is 0. The van der Waals surface area contributed by atoms with Crippen LogP contribution in [0.5, 0.6) is 5.75 Å². The van der Waals surface area contributed by atoms with E-state index in [0.29, 0.717) is 29.0 Å². The molecule has 244 valence electrons. The van der Waals surface area contributed by atoms with E-state index in [9.17, 15) is 33.5 Å². The van der Waals surface area contributed by atoms with Crippen LogP contribution < -0.4 is 15.4 Å². The lowest BCUT2D eigenvalue weighted by Gasteiger charge is -2.25. The number of hydrogen-bond donors (Lipinski definition) is 3. The number of carboxylic acid groups (broad SMARTS) is 1. The van der Waals surface area contributed by atoms with E-state index >= 15 is 0 Å². The summed E-state index contributed by atoms with van der Waals surface area (Å²) in [4.78, 5) is 64.1. The molecule has 9 nitrogen and oxygen atoms in total. The molecule has 0 fully saturated rings. The van der Waals surface area contributed by atoms with Crippen molar-refractivity contribution in [2.24, 2.45) is 5.92 Å². The predicted molar refractivity (Wildman–Crippen MR) is 175 cm³/mol. The Morgan fingerprint density at radius 1 is 0.957 bits per heavy atom. The normalized spacial score (nSPS) is 12.2. The van der Waals surface area contributed by atoms with Crippen molar-refractivity contribution in [2.75, 3.05) is 12.4 Å². The van der Waals surface area contributed by atoms with E-state index in [-0.39, 0.29) is 34.3 Å². The highest BCUT2D eigenvalue weighted by Crippen LogP contribution is 2.25. The quantitative estimate of drug-likeness (QED) is 0.166. The van der Waals surface area contributed by atoms with Crippen LogP contribution in [-0.2, 0) is 31.4 Å². The Labute approximate surface area is 276 Å². The highest BCUT2D eigenvalue weighted by molar-refractivity contribution is 7.99. The molecule has 0 bridgehead atoms. The average Bonchev–Trinajstić information content (AvgIpc) is 3.01. The number of carbonyl (C=O) groups is 5. The Kier molecular flexibility index (Phi) is 13.8. The molecule has 3 N–H and O–H groups in total. The van der Waals surface area contributed by atoms with E-state index in [2.05, 4.69) is 10.6 Å². The number of rotatable bonds is 17. The maximum Gasteiger partial charge on any atom is 0.305 e. The minimum atomic E-state index is -1.38. The molecule has 0 aliphatic heterocycles. The number of carboxylic acids is 1. The second-order valence-corrected chi connectivity index (χ2v) is 12.1. The maximum absolute atomic E-state index is 14.1. The van der Waals surface area contributed by atoms with Gasteiger partial charge in [-0.2, -0.15) is 0 Å². The second kappa shape index (κ2) is 17.5. The van der Waals surface area contributed by atoms with Crippen LogP contribution in [0.25, 0.3) is 0 Å². The molecule has 2 atom stereocenters. The smallest absolute Gasteiger partial charge is 0.305 e. The number of carbonyl (C=O) groups excluding carboxylic acids is 4. The molecule has 0 saturated carbocycles. The molecule has 1 unspecified atom stereocenters. The van der Waals surface area contributed by atoms with Crippen molar-refractivity contribution in [1.29, 1.82) is 0 Å². The van der Waals surface area contributed by atoms with E-state index in [1.165, 1.54) is 18.2 Å². The number of benzene rings is 3. The summed E-state index contributed by atoms with van der Waals surface area (Å²) < 4.78 is 19.8. The third kappa shape index (κ3) is 10.4. The van der Waals surface area contributed by atoms with Gasteiger partial charge in [0.15, 0.2) is 11.6 Å². The third-order valence-electron chi connectivity index (χ3n) is 6.91. The van der Waals surface area contributed by atoms with Crippen molar-refractivity contribution in [2.45, 2.75) is 51.4 Å². The van der Waals surface area contributed by atoms with Crippen molar-refractivity contribution in [3.05, 3.63) is 99.8 Å². The van der Waals surface area contributed by atoms with Gasteiger partial charge in [-0.25, -0.2) is 4.39 Å². The fourth-order valence-corrected chi connectivity index (χ4v) is 5.86. The van der Waals surface area contributed by atoms with E-state index < -0.39 is 53.8 Å². The number of halogens is 2. The van der Waals surface area contributed by atoms with E-state index in [1.807, 2.05) is 0 Å². The zero-order chi connectivity index (χ0) is 33.8. The standard InChI is InChI=1S/C34H36ClFN2O7S/c1-4-45-29-14-13-22(33(43)21-9-6-5-7-10-21)15-23(29)16-30(40)38-32(20(2)3)34(44)37-27(17-31(41)42)28(39)19-46-18-24-25(35)11-8-12-26(24)36/h5-15,20,27,32H,4,16-19H2,1-3H3,(H,37,44)(H,38,40)(H,41,42)/t27-,32?/m0/s1. The lowest BCUT2D eigenvalue weighted by atomic mass is 9.98. The molecule has 0 aliphatic rings. The van der Waals surface area contributed by atoms with Crippen molar-refractivity contribution in [3.8, 4) is 5.75 Å². The van der Waals surface area contributed by atoms with Gasteiger partial charge in [0.2, 0.25) is 11.8 Å². The second-order valence-electron chi connectivity index (χ2n) is 10.7. The number of nitrogens with one attached hydrogen (secondary N) is 2. The molecule has 3 aromatic carbocycles. The first kappa shape index (κ1) is 36.3. The summed E-state index contributed by atoms with van der Waals surface area (Å²) in [6, 6.07) is 15.3. The summed E-state index contributed by atoms with van der Waals surface area (Å²) in [6.45, 7) is 5.49. The fraction of sp³-hybridized carbons (Fsp3) is 0.324. The highest BCUT2D eigenvalue weighted by Gasteiger charge is 2.30. The molecule has 0 radical (unpaired) electrons. The molecule has 46 heavy (non-hydrogen) atoms. The molecule has 0 aliphatic carbocycles. The number of Topliss-reactive ketones (excluding diaryl/α,β-unsaturated/α-hetero) is 1. The van der Waals surface area contributed by atoms with Crippen LogP contribution >= 0.6 is 23.4 Å². The van der Waals surface area contributed by atoms with Crippen molar-refractivity contribution < 1.29 is 38.2 Å². The molecular formula is C34H36ClFN2O7S. The Hall–Kier alpha value is -4.22. The van der Waals surface area contributed by atoms with Crippen molar-refractivity contribution in [3.63, 3.8) is 0 Å². The van der Waals surface area contributed by atoms with Crippen LogP contribution in [0.1, 0.15) is 54.2 Å². The van der Waals surface area contributed by atoms with Gasteiger partial charge in [0, 0.05) is 33.0 Å². The molecular weight excluding hydrogens is 635 g/mol. The van der Waals surface area contributed by atoms with Gasteiger partial charge in [-0.15, -0.1) is 11.8 Å². The van der Waals surface area contributed by atoms with Crippen LogP contribution in [-0.4, -0.2) is 58.9 Å². The first-order valence-electron chi connectivity index (χ1n) is 14.6. The summed E-state index contributed by atoms with van der Waals surface area (Å²) in [5.74, 6) is -4.08. The average molecular weight is 671 g/mol. The number of thioether (sulfide) groups is 1. The predicted octanol–water partition coefficient (Wildman–Crippen LogP) is 5.25. The Balaban J connectivity index is 1.70. The van der Waals surface area contributed by atoms with Gasteiger partial charge < -0.3 is 20.5 Å². The van der Waals surface area contributed by atoms with Crippen molar-refractivity contribution >= 4 is 52.7 Å². The minimum Gasteiger partial charge on any atom is -0.494 e. The Morgan fingerprint density at radius 3 is 2.30 bits per heavy atom. The van der Waals surface area contributed by atoms with Gasteiger partial charge in [-0.1, -0.05) is 61.8 Å². The third-order valence-corrected chi connectivity index (χ3v) is 8.25. The number of aliphatic carboxylic acids is 1. The van der Waals surface area contributed by atoms with Crippen LogP contribution in [0.4, 0.5) is 4.39 Å². The van der Waals surface area contributed by atoms with Gasteiger partial charge in [-0.3, -0.25) is 24.0 Å². The van der Waals surface area contributed by atoms with Crippen molar-refractivity contribution in [1.82, 2.24) is 10.6 Å². The zero-order valence-electron chi connectivity index (χ0n) is 25.7. The molecule has 12 heteroatoms. The molecule has 2 amide bonds. The zero-order valence-corrected chi connectivity index (χ0v) is 27.3. The topological polar surface area (TPSA) is 139 Å². The maximum atomic E-state index is 14.1. The fourth-order valence-electron chi connectivity index (χ4n) is 4.55. The molecule has 0 aromatic heterocycles. The lowest BCUT2D eigenvalue weighted by molar-refractivity contribution is -0.140. The summed E-state index contributed by atoms with van der Waals surface area (Å²) in [5.41, 5.74) is 1.50. The van der Waals surface area contributed by atoms with Crippen LogP contribution in [0.15, 0.2) is 66.7 Å². The molecule has 0 spiro atoms. The van der Waals surface area contributed by atoms with Crippen LogP contribution in [0, 0.1) is 11.7 Å². The minimum absolute atomic E-state index is 0.0670. The summed E-state index contributed by atoms with van der Waals surface area (Å²) in [5, 5.41) is 14.8. The monoisotopic (exact) mass is 670 g/mol. The first-order chi connectivity index (χ1) is 21.9. The SMILES string of the molecule is CCOc1ccc(C(=O)c2ccccc2)cc1CC(=O)NC(C(=O)N[C@@H](CC(=O)O)C(=O)CSCc1c(F)cccc1Cl)C(C)C. The van der Waals surface area contributed by atoms with E-state index in [1.54, 1.807) is 69.3 Å². The number of ketones is 2. The largest absolute Gasteiger partial charge is 0.494 e. The summed E-state index contributed by atoms with van der Waals surface area (Å²) in [6.07, 6.45) is -0.890. The number of ether oxygens (including phenoxy) is 1. The Bertz CT molecular complexity index is 1550. The van der Waals surface area contributed by atoms with Crippen LogP contribution in [0.2, 0.25) is 5.02 Å². The van der Waals surface area contributed by atoms with Crippen LogP contribution in [0.3, 0.4) is 0 Å². The first-order valence-corrected chi connectivity index (χ1v) is 16.1. The van der Waals surface area contributed by atoms with E-state index in [0.717, 1.165) is 11.8 Å². The van der Waals surface area contributed by atoms with Gasteiger partial charge in [0.1, 0.15) is 17.6 Å². The lowest BCUT2D eigenvalue weighted by Crippen LogP contribution is -2.54. The summed E-state index contributed by atoms with van der Waals surface area (Å²) >= 11 is 7.08. The molecule has 0 saturated heterocycles. The van der Waals surface area contributed by atoms with Gasteiger partial charge in [0.05, 0.1) is 31.2 Å². The number of amides is 2.